The molecule has 1 heteroatoms. The summed E-state index contributed by atoms with van der Waals surface area (Å²) < 4.78 is 5.24. The number of rotatable bonds is 8. The van der Waals surface area contributed by atoms with Crippen molar-refractivity contribution in [2.75, 3.05) is 7.11 Å². The quantitative estimate of drug-likeness (QED) is 0.621. The molecule has 0 saturated carbocycles. The summed E-state index contributed by atoms with van der Waals surface area (Å²) in [5.41, 5.74) is 2.79. The molecule has 0 N–H and O–H groups in total. The molecule has 2 aromatic carbocycles. The Morgan fingerprint density at radius 3 is 2.45 bits per heavy atom. The molecule has 0 saturated heterocycles. The number of benzene rings is 2. The van der Waals surface area contributed by atoms with E-state index in [9.17, 15) is 0 Å². The number of ether oxygens (including phenoxy) is 1. The van der Waals surface area contributed by atoms with Gasteiger partial charge in [-0.3, -0.25) is 0 Å². The first kappa shape index (κ1) is 14.6. The van der Waals surface area contributed by atoms with Crippen LogP contribution in [0.15, 0.2) is 54.6 Å². The summed E-state index contributed by atoms with van der Waals surface area (Å²) in [6.45, 7) is 0. The van der Waals surface area contributed by atoms with E-state index >= 15 is 0 Å². The van der Waals surface area contributed by atoms with Crippen molar-refractivity contribution in [1.29, 1.82) is 0 Å². The fourth-order valence-corrected chi connectivity index (χ4v) is 2.34. The van der Waals surface area contributed by atoms with Gasteiger partial charge in [-0.2, -0.15) is 0 Å². The SMILES string of the molecule is COc1cccc(CC[CH]CCCc2ccccc2)c1. The standard InChI is InChI=1S/C19H23O/c1-20-19-15-9-14-18(16-19)13-6-3-2-5-10-17-11-7-4-8-12-17/h3-4,7-9,11-12,14-16H,2,5-6,10,13H2,1H3. The fraction of sp³-hybridized carbons (Fsp3) is 0.316. The summed E-state index contributed by atoms with van der Waals surface area (Å²) in [6, 6.07) is 19.1. The van der Waals surface area contributed by atoms with Crippen molar-refractivity contribution in [2.24, 2.45) is 0 Å². The smallest absolute Gasteiger partial charge is 0.119 e. The lowest BCUT2D eigenvalue weighted by atomic mass is 10.0. The summed E-state index contributed by atoms with van der Waals surface area (Å²) >= 11 is 0. The lowest BCUT2D eigenvalue weighted by molar-refractivity contribution is 0.414. The Kier molecular flexibility index (Phi) is 6.16. The first-order valence-electron chi connectivity index (χ1n) is 7.37. The van der Waals surface area contributed by atoms with Gasteiger partial charge in [-0.1, -0.05) is 42.5 Å². The fourth-order valence-electron chi connectivity index (χ4n) is 2.34. The van der Waals surface area contributed by atoms with E-state index in [0.717, 1.165) is 18.6 Å². The molecule has 0 heterocycles. The van der Waals surface area contributed by atoms with Gasteiger partial charge in [0.05, 0.1) is 7.11 Å². The number of hydrogen-bond donors (Lipinski definition) is 0. The van der Waals surface area contributed by atoms with Gasteiger partial charge in [-0.05, 0) is 61.8 Å². The van der Waals surface area contributed by atoms with Crippen molar-refractivity contribution >= 4 is 0 Å². The third kappa shape index (κ3) is 5.08. The molecule has 0 bridgehead atoms. The maximum absolute atomic E-state index is 5.24. The minimum Gasteiger partial charge on any atom is -0.497 e. The number of methoxy groups -OCH3 is 1. The maximum Gasteiger partial charge on any atom is 0.119 e. The van der Waals surface area contributed by atoms with Crippen LogP contribution in [0.4, 0.5) is 0 Å². The van der Waals surface area contributed by atoms with Crippen molar-refractivity contribution in [2.45, 2.75) is 32.1 Å². The molecule has 105 valence electrons. The average molecular weight is 267 g/mol. The predicted octanol–water partition coefficient (Wildman–Crippen LogP) is 4.85. The molecule has 0 amide bonds. The number of hydrogen-bond acceptors (Lipinski definition) is 1. The molecule has 0 fully saturated rings. The van der Waals surface area contributed by atoms with Crippen LogP contribution < -0.4 is 4.74 Å². The highest BCUT2D eigenvalue weighted by atomic mass is 16.5. The Labute approximate surface area is 122 Å². The number of aryl methyl sites for hydroxylation is 2. The lowest BCUT2D eigenvalue weighted by Gasteiger charge is -2.05. The molecule has 1 radical (unpaired) electrons. The second kappa shape index (κ2) is 8.42. The molecule has 0 aliphatic heterocycles. The first-order valence-corrected chi connectivity index (χ1v) is 7.37. The van der Waals surface area contributed by atoms with E-state index in [0.29, 0.717) is 0 Å². The monoisotopic (exact) mass is 267 g/mol. The highest BCUT2D eigenvalue weighted by molar-refractivity contribution is 5.28. The van der Waals surface area contributed by atoms with E-state index in [1.165, 1.54) is 30.4 Å². The van der Waals surface area contributed by atoms with Gasteiger partial charge in [0.2, 0.25) is 0 Å². The minimum absolute atomic E-state index is 0.951. The van der Waals surface area contributed by atoms with Crippen LogP contribution in [0.3, 0.4) is 0 Å². The molecule has 1 nitrogen and oxygen atoms in total. The third-order valence-electron chi connectivity index (χ3n) is 3.49. The van der Waals surface area contributed by atoms with E-state index in [4.69, 9.17) is 4.74 Å². The van der Waals surface area contributed by atoms with Crippen LogP contribution in [0.5, 0.6) is 5.75 Å². The van der Waals surface area contributed by atoms with Gasteiger partial charge in [0.1, 0.15) is 5.75 Å². The van der Waals surface area contributed by atoms with Crippen LogP contribution in [0.1, 0.15) is 30.4 Å². The first-order chi connectivity index (χ1) is 9.88. The van der Waals surface area contributed by atoms with E-state index in [-0.39, 0.29) is 0 Å². The zero-order valence-corrected chi connectivity index (χ0v) is 12.2. The van der Waals surface area contributed by atoms with Crippen LogP contribution in [0, 0.1) is 6.42 Å². The highest BCUT2D eigenvalue weighted by Gasteiger charge is 1.97. The minimum atomic E-state index is 0.951. The van der Waals surface area contributed by atoms with Crippen LogP contribution in [0.25, 0.3) is 0 Å². The van der Waals surface area contributed by atoms with Crippen molar-refractivity contribution in [3.63, 3.8) is 0 Å². The van der Waals surface area contributed by atoms with Gasteiger partial charge in [0, 0.05) is 0 Å². The summed E-state index contributed by atoms with van der Waals surface area (Å²) in [6.07, 6.45) is 8.25. The van der Waals surface area contributed by atoms with Crippen molar-refractivity contribution in [1.82, 2.24) is 0 Å². The topological polar surface area (TPSA) is 9.23 Å². The molecule has 0 atom stereocenters. The van der Waals surface area contributed by atoms with Gasteiger partial charge in [-0.25, -0.2) is 0 Å². The Morgan fingerprint density at radius 2 is 1.65 bits per heavy atom. The number of unbranched alkanes of at least 4 members (excludes halogenated alkanes) is 3. The summed E-state index contributed by atoms with van der Waals surface area (Å²) in [4.78, 5) is 0. The van der Waals surface area contributed by atoms with Gasteiger partial charge in [-0.15, -0.1) is 0 Å². The Balaban J connectivity index is 1.59. The van der Waals surface area contributed by atoms with Crippen molar-refractivity contribution < 1.29 is 4.74 Å². The second-order valence-electron chi connectivity index (χ2n) is 5.06. The Bertz CT molecular complexity index is 490. The van der Waals surface area contributed by atoms with Crippen LogP contribution >= 0.6 is 0 Å². The van der Waals surface area contributed by atoms with Crippen LogP contribution in [0.2, 0.25) is 0 Å². The average Bonchev–Trinajstić information content (AvgIpc) is 2.52. The molecule has 2 aromatic rings. The van der Waals surface area contributed by atoms with Crippen LogP contribution in [-0.2, 0) is 12.8 Å². The van der Waals surface area contributed by atoms with E-state index < -0.39 is 0 Å². The molecule has 0 unspecified atom stereocenters. The van der Waals surface area contributed by atoms with E-state index in [1.54, 1.807) is 7.11 Å². The van der Waals surface area contributed by atoms with Crippen molar-refractivity contribution in [3.8, 4) is 5.75 Å². The van der Waals surface area contributed by atoms with E-state index in [1.807, 2.05) is 6.07 Å². The normalized spacial score (nSPS) is 10.4. The Morgan fingerprint density at radius 1 is 0.850 bits per heavy atom. The molecule has 0 spiro atoms. The zero-order chi connectivity index (χ0) is 14.0. The maximum atomic E-state index is 5.24. The Hall–Kier alpha value is -1.76. The molecule has 2 rings (SSSR count). The van der Waals surface area contributed by atoms with Crippen molar-refractivity contribution in [3.05, 3.63) is 72.1 Å². The molecule has 20 heavy (non-hydrogen) atoms. The van der Waals surface area contributed by atoms with E-state index in [2.05, 4.69) is 55.0 Å². The summed E-state index contributed by atoms with van der Waals surface area (Å²) in [5, 5.41) is 0. The third-order valence-corrected chi connectivity index (χ3v) is 3.49. The predicted molar refractivity (Wildman–Crippen MR) is 85.0 cm³/mol. The van der Waals surface area contributed by atoms with Gasteiger partial charge < -0.3 is 4.74 Å². The zero-order valence-electron chi connectivity index (χ0n) is 12.2. The molecule has 0 aliphatic carbocycles. The summed E-state index contributed by atoms with van der Waals surface area (Å²) in [5.74, 6) is 0.951. The molecular formula is C19H23O. The largest absolute Gasteiger partial charge is 0.497 e. The van der Waals surface area contributed by atoms with Gasteiger partial charge in [0.25, 0.3) is 0 Å². The molecule has 0 aliphatic rings. The van der Waals surface area contributed by atoms with Gasteiger partial charge in [0.15, 0.2) is 0 Å². The molecular weight excluding hydrogens is 244 g/mol. The second-order valence-corrected chi connectivity index (χ2v) is 5.06. The van der Waals surface area contributed by atoms with Gasteiger partial charge >= 0.3 is 0 Å². The lowest BCUT2D eigenvalue weighted by Crippen LogP contribution is -1.90. The highest BCUT2D eigenvalue weighted by Crippen LogP contribution is 2.15. The van der Waals surface area contributed by atoms with Crippen LogP contribution in [-0.4, -0.2) is 7.11 Å². The summed E-state index contributed by atoms with van der Waals surface area (Å²) in [7, 11) is 1.72. The molecule has 0 aromatic heterocycles.